The van der Waals surface area contributed by atoms with Gasteiger partial charge in [-0.2, -0.15) is 0 Å². The number of aromatic nitrogens is 1. The summed E-state index contributed by atoms with van der Waals surface area (Å²) in [7, 11) is 0. The Kier molecular flexibility index (Phi) is 5.35. The van der Waals surface area contributed by atoms with Gasteiger partial charge in [0, 0.05) is 33.7 Å². The maximum atomic E-state index is 12.6. The molecule has 1 N–H and O–H groups in total. The van der Waals surface area contributed by atoms with E-state index in [4.69, 9.17) is 11.6 Å². The summed E-state index contributed by atoms with van der Waals surface area (Å²) in [5.74, 6) is -0.139. The number of hydrogen-bond donors (Lipinski definition) is 1. The van der Waals surface area contributed by atoms with Crippen molar-refractivity contribution in [2.45, 2.75) is 20.4 Å². The van der Waals surface area contributed by atoms with Crippen molar-refractivity contribution in [2.75, 3.05) is 0 Å². The molecule has 1 amide bonds. The summed E-state index contributed by atoms with van der Waals surface area (Å²) >= 11 is 7.37. The maximum absolute atomic E-state index is 12.6. The van der Waals surface area contributed by atoms with Crippen LogP contribution in [-0.4, -0.2) is 15.6 Å². The van der Waals surface area contributed by atoms with Gasteiger partial charge in [-0.3, -0.25) is 4.79 Å². The van der Waals surface area contributed by atoms with Crippen LogP contribution in [0.1, 0.15) is 16.8 Å². The summed E-state index contributed by atoms with van der Waals surface area (Å²) in [6.45, 7) is 8.60. The van der Waals surface area contributed by atoms with Crippen LogP contribution in [-0.2, 0) is 11.3 Å². The molecule has 6 heteroatoms. The van der Waals surface area contributed by atoms with Gasteiger partial charge in [0.05, 0.1) is 10.6 Å². The van der Waals surface area contributed by atoms with E-state index in [0.717, 1.165) is 40.0 Å². The molecule has 0 spiro atoms. The molecule has 0 atom stereocenters. The standard InChI is InChI=1S/C23H20ClN3OS/c1-4-11-27-15(3)18(17-7-5-6-8-20(17)27)13-21-22(28)26-23(29-21)25-19-10-9-16(24)12-14(19)2/h4-10,12-13H,1,11H2,2-3H3,(H,25,26,28)/b21-13+. The molecule has 0 aliphatic carbocycles. The minimum Gasteiger partial charge on any atom is -0.340 e. The number of rotatable bonds is 4. The summed E-state index contributed by atoms with van der Waals surface area (Å²) in [6.07, 6.45) is 3.83. The number of carbonyl (C=O) groups excluding carboxylic acids is 1. The third kappa shape index (κ3) is 3.76. The van der Waals surface area contributed by atoms with Crippen molar-refractivity contribution in [3.63, 3.8) is 0 Å². The van der Waals surface area contributed by atoms with Crippen LogP contribution in [0.4, 0.5) is 5.69 Å². The lowest BCUT2D eigenvalue weighted by Gasteiger charge is -2.04. The zero-order valence-corrected chi connectivity index (χ0v) is 17.8. The quantitative estimate of drug-likeness (QED) is 0.415. The highest BCUT2D eigenvalue weighted by atomic mass is 35.5. The van der Waals surface area contributed by atoms with Crippen molar-refractivity contribution in [2.24, 2.45) is 4.99 Å². The van der Waals surface area contributed by atoms with Gasteiger partial charge in [-0.25, -0.2) is 4.99 Å². The second-order valence-electron chi connectivity index (χ2n) is 6.83. The van der Waals surface area contributed by atoms with Gasteiger partial charge in [-0.05, 0) is 61.5 Å². The Morgan fingerprint density at radius 2 is 2.03 bits per heavy atom. The van der Waals surface area contributed by atoms with Gasteiger partial charge in [0.25, 0.3) is 5.91 Å². The molecule has 146 valence electrons. The Labute approximate surface area is 179 Å². The van der Waals surface area contributed by atoms with Gasteiger partial charge in [0.2, 0.25) is 0 Å². The van der Waals surface area contributed by atoms with Crippen LogP contribution < -0.4 is 5.32 Å². The van der Waals surface area contributed by atoms with Crippen molar-refractivity contribution in [1.29, 1.82) is 0 Å². The molecule has 1 aliphatic heterocycles. The molecule has 1 aliphatic rings. The molecule has 3 aromatic rings. The predicted octanol–water partition coefficient (Wildman–Crippen LogP) is 5.99. The fourth-order valence-corrected chi connectivity index (χ4v) is 4.51. The van der Waals surface area contributed by atoms with Crippen LogP contribution in [0.3, 0.4) is 0 Å². The van der Waals surface area contributed by atoms with E-state index in [9.17, 15) is 4.79 Å². The molecule has 1 fully saturated rings. The zero-order chi connectivity index (χ0) is 20.5. The molecule has 0 radical (unpaired) electrons. The van der Waals surface area contributed by atoms with Crippen LogP contribution in [0.2, 0.25) is 5.02 Å². The predicted molar refractivity (Wildman–Crippen MR) is 124 cm³/mol. The average molecular weight is 422 g/mol. The highest BCUT2D eigenvalue weighted by Crippen LogP contribution is 2.33. The number of carbonyl (C=O) groups is 1. The number of halogens is 1. The van der Waals surface area contributed by atoms with Crippen molar-refractivity contribution in [3.8, 4) is 0 Å². The fraction of sp³-hybridized carbons (Fsp3) is 0.130. The van der Waals surface area contributed by atoms with Crippen LogP contribution in [0.5, 0.6) is 0 Å². The van der Waals surface area contributed by atoms with E-state index < -0.39 is 0 Å². The Hall–Kier alpha value is -2.76. The Morgan fingerprint density at radius 3 is 2.79 bits per heavy atom. The molecule has 1 saturated heterocycles. The van der Waals surface area contributed by atoms with E-state index in [0.29, 0.717) is 15.1 Å². The van der Waals surface area contributed by atoms with E-state index in [1.165, 1.54) is 11.8 Å². The van der Waals surface area contributed by atoms with Crippen LogP contribution in [0.15, 0.2) is 65.0 Å². The number of aliphatic imine (C=N–C) groups is 1. The van der Waals surface area contributed by atoms with Gasteiger partial charge >= 0.3 is 0 Å². The normalized spacial score (nSPS) is 16.7. The number of hydrogen-bond acceptors (Lipinski definition) is 3. The van der Waals surface area contributed by atoms with Gasteiger partial charge < -0.3 is 9.88 Å². The van der Waals surface area contributed by atoms with Crippen LogP contribution in [0, 0.1) is 13.8 Å². The first-order valence-corrected chi connectivity index (χ1v) is 10.4. The minimum atomic E-state index is -0.139. The fourth-order valence-electron chi connectivity index (χ4n) is 3.47. The molecule has 4 nitrogen and oxygen atoms in total. The van der Waals surface area contributed by atoms with E-state index >= 15 is 0 Å². The molecule has 29 heavy (non-hydrogen) atoms. The molecule has 2 heterocycles. The first-order chi connectivity index (χ1) is 14.0. The van der Waals surface area contributed by atoms with E-state index in [1.807, 2.05) is 43.3 Å². The summed E-state index contributed by atoms with van der Waals surface area (Å²) < 4.78 is 2.21. The Balaban J connectivity index is 1.73. The molecule has 0 bridgehead atoms. The third-order valence-electron chi connectivity index (χ3n) is 4.90. The number of amidine groups is 1. The molecule has 1 aromatic heterocycles. The third-order valence-corrected chi connectivity index (χ3v) is 6.04. The SMILES string of the molecule is C=CCn1c(C)c(/C=C2/SC(=Nc3ccc(Cl)cc3C)NC2=O)c2ccccc21. The van der Waals surface area contributed by atoms with Gasteiger partial charge in [0.15, 0.2) is 5.17 Å². The van der Waals surface area contributed by atoms with Crippen molar-refractivity contribution < 1.29 is 4.79 Å². The number of aryl methyl sites for hydroxylation is 1. The lowest BCUT2D eigenvalue weighted by molar-refractivity contribution is -0.115. The number of amides is 1. The lowest BCUT2D eigenvalue weighted by atomic mass is 10.1. The lowest BCUT2D eigenvalue weighted by Crippen LogP contribution is -2.19. The smallest absolute Gasteiger partial charge is 0.264 e. The Bertz CT molecular complexity index is 1210. The monoisotopic (exact) mass is 421 g/mol. The number of para-hydroxylation sites is 1. The second-order valence-corrected chi connectivity index (χ2v) is 8.30. The molecule has 4 rings (SSSR count). The number of nitrogens with zero attached hydrogens (tertiary/aromatic N) is 2. The summed E-state index contributed by atoms with van der Waals surface area (Å²) in [4.78, 5) is 17.8. The van der Waals surface area contributed by atoms with Gasteiger partial charge in [-0.1, -0.05) is 35.9 Å². The van der Waals surface area contributed by atoms with E-state index in [2.05, 4.69) is 40.5 Å². The van der Waals surface area contributed by atoms with Crippen molar-refractivity contribution in [3.05, 3.63) is 81.9 Å². The molecule has 0 unspecified atom stereocenters. The molecular weight excluding hydrogens is 402 g/mol. The Morgan fingerprint density at radius 1 is 1.24 bits per heavy atom. The van der Waals surface area contributed by atoms with Gasteiger partial charge in [0.1, 0.15) is 0 Å². The first kappa shape index (κ1) is 19.6. The highest BCUT2D eigenvalue weighted by Gasteiger charge is 2.25. The van der Waals surface area contributed by atoms with E-state index in [-0.39, 0.29) is 5.91 Å². The van der Waals surface area contributed by atoms with Crippen molar-refractivity contribution >= 4 is 57.1 Å². The topological polar surface area (TPSA) is 46.4 Å². The number of nitrogens with one attached hydrogen (secondary N) is 1. The van der Waals surface area contributed by atoms with Gasteiger partial charge in [-0.15, -0.1) is 6.58 Å². The summed E-state index contributed by atoms with van der Waals surface area (Å²) in [5.41, 5.74) is 5.03. The number of thioether (sulfide) groups is 1. The van der Waals surface area contributed by atoms with Crippen LogP contribution in [0.25, 0.3) is 17.0 Å². The first-order valence-electron chi connectivity index (χ1n) is 9.22. The zero-order valence-electron chi connectivity index (χ0n) is 16.2. The molecule has 0 saturated carbocycles. The van der Waals surface area contributed by atoms with Crippen LogP contribution >= 0.6 is 23.4 Å². The summed E-state index contributed by atoms with van der Waals surface area (Å²) in [6, 6.07) is 13.7. The average Bonchev–Trinajstić information content (AvgIpc) is 3.17. The number of fused-ring (bicyclic) bond motifs is 1. The van der Waals surface area contributed by atoms with Crippen molar-refractivity contribution in [1.82, 2.24) is 9.88 Å². The maximum Gasteiger partial charge on any atom is 0.264 e. The minimum absolute atomic E-state index is 0.139. The number of benzene rings is 2. The second kappa shape index (κ2) is 7.93. The molecular formula is C23H20ClN3OS. The number of allylic oxidation sites excluding steroid dienone is 1. The molecule has 2 aromatic carbocycles. The van der Waals surface area contributed by atoms with E-state index in [1.54, 1.807) is 6.07 Å². The highest BCUT2D eigenvalue weighted by molar-refractivity contribution is 8.18. The largest absolute Gasteiger partial charge is 0.340 e. The summed E-state index contributed by atoms with van der Waals surface area (Å²) in [5, 5.41) is 5.22.